The average molecular weight is 493 g/mol. The van der Waals surface area contributed by atoms with Gasteiger partial charge in [0.25, 0.3) is 5.67 Å². The van der Waals surface area contributed by atoms with E-state index >= 15 is 0 Å². The van der Waals surface area contributed by atoms with Gasteiger partial charge in [-0.3, -0.25) is 0 Å². The fraction of sp³-hybridized carbons (Fsp3) is 1.00. The van der Waals surface area contributed by atoms with Crippen molar-refractivity contribution < 1.29 is 69.9 Å². The van der Waals surface area contributed by atoms with E-state index in [9.17, 15) is 69.9 Å². The van der Waals surface area contributed by atoms with Crippen LogP contribution < -0.4 is 0 Å². The molecule has 0 saturated heterocycles. The third kappa shape index (κ3) is 5.44. The van der Waals surface area contributed by atoms with Gasteiger partial charge in [0.2, 0.25) is 9.05 Å². The molecule has 0 aromatic heterocycles. The van der Waals surface area contributed by atoms with Gasteiger partial charge >= 0.3 is 30.4 Å². The molecule has 0 N–H and O–H groups in total. The largest absolute Gasteiger partial charge is 0.431 e. The molecule has 170 valence electrons. The molecule has 0 aromatic carbocycles. The van der Waals surface area contributed by atoms with Gasteiger partial charge in [-0.25, -0.2) is 17.2 Å². The minimum absolute atomic E-state index is 2.11. The van der Waals surface area contributed by atoms with Gasteiger partial charge in [0.05, 0.1) is 5.75 Å². The predicted molar refractivity (Wildman–Crippen MR) is 64.3 cm³/mol. The van der Waals surface area contributed by atoms with Crippen LogP contribution in [0.2, 0.25) is 0 Å². The summed E-state index contributed by atoms with van der Waals surface area (Å²) >= 11 is 0. The van der Waals surface area contributed by atoms with Gasteiger partial charge < -0.3 is 0 Å². The van der Waals surface area contributed by atoms with E-state index < -0.39 is 69.6 Å². The Balaban J connectivity index is 6.65. The summed E-state index contributed by atoms with van der Waals surface area (Å²) in [6.07, 6.45) is -34.8. The monoisotopic (exact) mass is 492 g/mol. The van der Waals surface area contributed by atoms with Crippen molar-refractivity contribution in [2.45, 2.75) is 48.9 Å². The molecule has 0 amide bonds. The van der Waals surface area contributed by atoms with Crippen LogP contribution in [0.25, 0.3) is 0 Å². The summed E-state index contributed by atoms with van der Waals surface area (Å²) in [7, 11) is -0.655. The molecule has 0 radical (unpaired) electrons. The van der Waals surface area contributed by atoms with Crippen LogP contribution in [0.1, 0.15) is 12.8 Å². The van der Waals surface area contributed by atoms with Crippen LogP contribution in [-0.4, -0.2) is 50.2 Å². The summed E-state index contributed by atoms with van der Waals surface area (Å²) in [6, 6.07) is 0. The lowest BCUT2D eigenvalue weighted by Gasteiger charge is -2.40. The van der Waals surface area contributed by atoms with Crippen LogP contribution in [0.4, 0.5) is 61.5 Å². The Labute approximate surface area is 151 Å². The van der Waals surface area contributed by atoms with Gasteiger partial charge in [-0.05, 0) is 6.42 Å². The van der Waals surface area contributed by atoms with E-state index in [0.29, 0.717) is 0 Å². The molecule has 1 atom stereocenters. The summed E-state index contributed by atoms with van der Waals surface area (Å²) in [4.78, 5) is 0. The van der Waals surface area contributed by atoms with Gasteiger partial charge in [-0.2, -0.15) is 52.7 Å². The molecule has 0 spiro atoms. The lowest BCUT2D eigenvalue weighted by atomic mass is 9.77. The predicted octanol–water partition coefficient (Wildman–Crippen LogP) is 5.62. The highest BCUT2D eigenvalue weighted by molar-refractivity contribution is 8.13. The van der Waals surface area contributed by atoms with Crippen LogP contribution in [0, 0.1) is 5.92 Å². The normalized spacial score (nSPS) is 17.0. The highest BCUT2D eigenvalue weighted by Crippen LogP contribution is 2.58. The van der Waals surface area contributed by atoms with Crippen molar-refractivity contribution in [2.24, 2.45) is 5.92 Å². The first-order chi connectivity index (χ1) is 11.8. The molecule has 0 saturated carbocycles. The molecular formula is C10H7ClF14O2S. The van der Waals surface area contributed by atoms with Crippen LogP contribution >= 0.6 is 10.7 Å². The Bertz CT molecular complexity index is 615. The molecule has 1 unspecified atom stereocenters. The third-order valence-corrected chi connectivity index (χ3v) is 4.71. The van der Waals surface area contributed by atoms with E-state index in [-0.39, 0.29) is 0 Å². The van der Waals surface area contributed by atoms with E-state index in [1.54, 1.807) is 0 Å². The highest BCUT2D eigenvalue weighted by atomic mass is 35.7. The zero-order valence-electron chi connectivity index (χ0n) is 12.6. The average Bonchev–Trinajstić information content (AvgIpc) is 2.35. The third-order valence-electron chi connectivity index (χ3n) is 3.52. The Morgan fingerprint density at radius 1 is 0.643 bits per heavy atom. The van der Waals surface area contributed by atoms with E-state index in [4.69, 9.17) is 0 Å². The summed E-state index contributed by atoms with van der Waals surface area (Å²) in [5, 5.41) is 0. The van der Waals surface area contributed by atoms with Crippen molar-refractivity contribution in [1.29, 1.82) is 0 Å². The highest BCUT2D eigenvalue weighted by Gasteiger charge is 2.80. The Hall–Kier alpha value is -0.740. The van der Waals surface area contributed by atoms with Crippen molar-refractivity contribution in [3.63, 3.8) is 0 Å². The second-order valence-electron chi connectivity index (χ2n) is 5.44. The minimum Gasteiger partial charge on any atom is -0.224 e. The molecule has 0 heterocycles. The first kappa shape index (κ1) is 27.3. The Morgan fingerprint density at radius 2 is 0.964 bits per heavy atom. The van der Waals surface area contributed by atoms with Crippen LogP contribution in [0.15, 0.2) is 0 Å². The van der Waals surface area contributed by atoms with E-state index in [2.05, 4.69) is 10.7 Å². The molecule has 0 bridgehead atoms. The fourth-order valence-electron chi connectivity index (χ4n) is 2.08. The number of halogens is 15. The lowest BCUT2D eigenvalue weighted by Crippen LogP contribution is -2.62. The summed E-state index contributed by atoms with van der Waals surface area (Å²) in [5.74, 6) is -6.61. The van der Waals surface area contributed by atoms with Gasteiger partial charge in [0.1, 0.15) is 0 Å². The zero-order chi connectivity index (χ0) is 23.2. The van der Waals surface area contributed by atoms with Gasteiger partial charge in [0, 0.05) is 23.0 Å². The lowest BCUT2D eigenvalue weighted by molar-refractivity contribution is -0.379. The standard InChI is InChI=1S/C10H7ClF14O2S/c11-28(26,27)2-1-4(6(13,9(20,21)22)10(23,24)25)3-5(12,7(14,15)16)8(17,18)19/h4H,1-3H2. The van der Waals surface area contributed by atoms with E-state index in [0.717, 1.165) is 0 Å². The smallest absolute Gasteiger partial charge is 0.224 e. The van der Waals surface area contributed by atoms with Crippen molar-refractivity contribution in [2.75, 3.05) is 5.75 Å². The first-order valence-electron chi connectivity index (χ1n) is 6.38. The fourth-order valence-corrected chi connectivity index (χ4v) is 2.91. The van der Waals surface area contributed by atoms with Gasteiger partial charge in [-0.1, -0.05) is 0 Å². The van der Waals surface area contributed by atoms with Crippen molar-refractivity contribution in [3.8, 4) is 0 Å². The molecule has 18 heteroatoms. The first-order valence-corrected chi connectivity index (χ1v) is 8.86. The number of rotatable bonds is 6. The van der Waals surface area contributed by atoms with Gasteiger partial charge in [-0.15, -0.1) is 0 Å². The van der Waals surface area contributed by atoms with E-state index in [1.165, 1.54) is 0 Å². The number of alkyl halides is 14. The molecule has 0 aromatic rings. The van der Waals surface area contributed by atoms with Crippen molar-refractivity contribution >= 4 is 19.7 Å². The molecule has 2 nitrogen and oxygen atoms in total. The Kier molecular flexibility index (Phi) is 7.30. The maximum absolute atomic E-state index is 14.0. The van der Waals surface area contributed by atoms with E-state index in [1.807, 2.05) is 0 Å². The van der Waals surface area contributed by atoms with Crippen LogP contribution in [0.3, 0.4) is 0 Å². The molecule has 28 heavy (non-hydrogen) atoms. The molecule has 0 fully saturated rings. The zero-order valence-corrected chi connectivity index (χ0v) is 14.2. The summed E-state index contributed by atoms with van der Waals surface area (Å²) in [6.45, 7) is 0. The maximum Gasteiger partial charge on any atom is 0.431 e. The summed E-state index contributed by atoms with van der Waals surface area (Å²) in [5.41, 5.74) is -13.5. The van der Waals surface area contributed by atoms with Crippen molar-refractivity contribution in [1.82, 2.24) is 0 Å². The molecule has 0 aliphatic heterocycles. The quantitative estimate of drug-likeness (QED) is 0.356. The Morgan fingerprint density at radius 3 is 1.18 bits per heavy atom. The maximum atomic E-state index is 14.0. The molecular weight excluding hydrogens is 486 g/mol. The second kappa shape index (κ2) is 7.50. The minimum atomic E-state index is -7.18. The SMILES string of the molecule is O=S(=O)(Cl)CCC(CC(F)(C(F)(F)F)C(F)(F)F)C(F)(C(F)(F)F)C(F)(F)F. The number of hydrogen-bond acceptors (Lipinski definition) is 2. The molecule has 0 aliphatic rings. The summed E-state index contributed by atoms with van der Waals surface area (Å²) < 4.78 is 200. The molecule has 0 rings (SSSR count). The molecule has 0 aliphatic carbocycles. The van der Waals surface area contributed by atoms with Crippen molar-refractivity contribution in [3.05, 3.63) is 0 Å². The van der Waals surface area contributed by atoms with Crippen LogP contribution in [0.5, 0.6) is 0 Å². The second-order valence-corrected chi connectivity index (χ2v) is 8.33. The number of hydrogen-bond donors (Lipinski definition) is 0. The topological polar surface area (TPSA) is 34.1 Å². The van der Waals surface area contributed by atoms with Gasteiger partial charge in [0.15, 0.2) is 0 Å². The van der Waals surface area contributed by atoms with Crippen LogP contribution in [-0.2, 0) is 9.05 Å².